The van der Waals surface area contributed by atoms with Crippen LogP contribution < -0.4 is 5.32 Å². The molecule has 1 aliphatic rings. The predicted octanol–water partition coefficient (Wildman–Crippen LogP) is 3.72. The maximum Gasteiger partial charge on any atom is 0.252 e. The number of pyridine rings is 1. The first-order valence-corrected chi connectivity index (χ1v) is 10.3. The number of amides is 1. The smallest absolute Gasteiger partial charge is 0.252 e. The third-order valence-electron chi connectivity index (χ3n) is 5.60. The molecule has 0 unspecified atom stereocenters. The minimum atomic E-state index is -0.0914. The van der Waals surface area contributed by atoms with Gasteiger partial charge in [0.2, 0.25) is 0 Å². The van der Waals surface area contributed by atoms with E-state index in [-0.39, 0.29) is 5.91 Å². The van der Waals surface area contributed by atoms with Crippen LogP contribution in [0.2, 0.25) is 0 Å². The average Bonchev–Trinajstić information content (AvgIpc) is 3.38. The average molecular weight is 397 g/mol. The number of carbonyl (C=O) groups excluding carboxylic acids is 1. The number of hydrogen-bond acceptors (Lipinski definition) is 4. The van der Waals surface area contributed by atoms with Gasteiger partial charge in [0, 0.05) is 36.9 Å². The van der Waals surface area contributed by atoms with Gasteiger partial charge in [0.05, 0.1) is 16.8 Å². The van der Waals surface area contributed by atoms with Crippen LogP contribution in [0.1, 0.15) is 34.0 Å². The van der Waals surface area contributed by atoms with Crippen LogP contribution in [0.15, 0.2) is 54.6 Å². The van der Waals surface area contributed by atoms with E-state index < -0.39 is 0 Å². The van der Waals surface area contributed by atoms with Crippen LogP contribution in [0.4, 0.5) is 0 Å². The zero-order valence-corrected chi connectivity index (χ0v) is 16.9. The van der Waals surface area contributed by atoms with Gasteiger partial charge in [0.15, 0.2) is 0 Å². The van der Waals surface area contributed by atoms with E-state index in [1.165, 1.54) is 0 Å². The Morgan fingerprint density at radius 2 is 1.97 bits per heavy atom. The lowest BCUT2D eigenvalue weighted by atomic mass is 10.0. The molecule has 1 N–H and O–H groups in total. The Labute approximate surface area is 175 Å². The highest BCUT2D eigenvalue weighted by Crippen LogP contribution is 2.25. The van der Waals surface area contributed by atoms with Crippen molar-refractivity contribution in [2.45, 2.75) is 32.7 Å². The molecule has 6 heteroatoms. The van der Waals surface area contributed by atoms with Crippen LogP contribution in [0.25, 0.3) is 22.2 Å². The highest BCUT2D eigenvalue weighted by atomic mass is 16.1. The van der Waals surface area contributed by atoms with Crippen molar-refractivity contribution in [3.05, 3.63) is 77.4 Å². The Bertz CT molecular complexity index is 1230. The first kappa shape index (κ1) is 18.5. The van der Waals surface area contributed by atoms with Crippen molar-refractivity contribution in [1.82, 2.24) is 25.1 Å². The van der Waals surface area contributed by atoms with Crippen molar-refractivity contribution in [2.24, 2.45) is 0 Å². The molecule has 2 aromatic heterocycles. The Hall–Kier alpha value is -3.54. The van der Waals surface area contributed by atoms with E-state index in [1.807, 2.05) is 61.5 Å². The molecule has 150 valence electrons. The summed E-state index contributed by atoms with van der Waals surface area (Å²) in [4.78, 5) is 17.9. The van der Waals surface area contributed by atoms with E-state index in [9.17, 15) is 4.79 Å². The fraction of sp³-hybridized carbons (Fsp3) is 0.250. The lowest BCUT2D eigenvalue weighted by Crippen LogP contribution is -2.27. The first-order chi connectivity index (χ1) is 14.7. The molecular weight excluding hydrogens is 374 g/mol. The molecule has 1 amide bonds. The molecule has 2 aromatic carbocycles. The van der Waals surface area contributed by atoms with Gasteiger partial charge in [0.25, 0.3) is 5.91 Å². The topological polar surface area (TPSA) is 72.7 Å². The van der Waals surface area contributed by atoms with Crippen LogP contribution in [0.3, 0.4) is 0 Å². The molecule has 0 aliphatic carbocycles. The molecular formula is C24H23N5O. The summed E-state index contributed by atoms with van der Waals surface area (Å²) in [6.45, 7) is 3.52. The van der Waals surface area contributed by atoms with E-state index in [0.717, 1.165) is 58.8 Å². The summed E-state index contributed by atoms with van der Waals surface area (Å²) in [5, 5.41) is 12.5. The lowest BCUT2D eigenvalue weighted by Gasteiger charge is -2.11. The Balaban J connectivity index is 1.42. The standard InChI is InChI=1S/C24H23N5O/c1-16-9-10-20-18(14-16)19(15-21(26-20)17-6-3-2-4-7-17)24(30)25-12-11-23-28-27-22-8-5-13-29(22)23/h2-4,6-7,9-10,14-15H,5,8,11-13H2,1H3,(H,25,30). The number of hydrogen-bond donors (Lipinski definition) is 1. The molecule has 0 radical (unpaired) electrons. The van der Waals surface area contributed by atoms with Gasteiger partial charge in [-0.15, -0.1) is 10.2 Å². The van der Waals surface area contributed by atoms with Crippen LogP contribution in [-0.4, -0.2) is 32.2 Å². The molecule has 0 saturated carbocycles. The van der Waals surface area contributed by atoms with Crippen molar-refractivity contribution in [2.75, 3.05) is 6.54 Å². The number of nitrogens with zero attached hydrogens (tertiary/aromatic N) is 4. The van der Waals surface area contributed by atoms with Crippen molar-refractivity contribution in [3.63, 3.8) is 0 Å². The molecule has 0 spiro atoms. The quantitative estimate of drug-likeness (QED) is 0.557. The molecule has 1 aliphatic heterocycles. The minimum Gasteiger partial charge on any atom is -0.352 e. The van der Waals surface area contributed by atoms with Crippen LogP contribution in [0, 0.1) is 6.92 Å². The third-order valence-corrected chi connectivity index (χ3v) is 5.60. The van der Waals surface area contributed by atoms with Crippen molar-refractivity contribution in [3.8, 4) is 11.3 Å². The second-order valence-electron chi connectivity index (χ2n) is 7.74. The summed E-state index contributed by atoms with van der Waals surface area (Å²) in [5.74, 6) is 1.91. The Kier molecular flexibility index (Phi) is 4.75. The number of nitrogens with one attached hydrogen (secondary N) is 1. The maximum atomic E-state index is 13.1. The number of rotatable bonds is 5. The van der Waals surface area contributed by atoms with Crippen molar-refractivity contribution in [1.29, 1.82) is 0 Å². The van der Waals surface area contributed by atoms with E-state index in [1.54, 1.807) is 0 Å². The molecule has 4 aromatic rings. The van der Waals surface area contributed by atoms with Crippen molar-refractivity contribution < 1.29 is 4.79 Å². The van der Waals surface area contributed by atoms with Gasteiger partial charge in [-0.25, -0.2) is 4.98 Å². The van der Waals surface area contributed by atoms with Crippen LogP contribution >= 0.6 is 0 Å². The van der Waals surface area contributed by atoms with E-state index in [0.29, 0.717) is 18.5 Å². The van der Waals surface area contributed by atoms with Gasteiger partial charge >= 0.3 is 0 Å². The second-order valence-corrected chi connectivity index (χ2v) is 7.74. The normalized spacial score (nSPS) is 12.8. The number of aromatic nitrogens is 4. The summed E-state index contributed by atoms with van der Waals surface area (Å²) in [7, 11) is 0. The second kappa shape index (κ2) is 7.71. The number of carbonyl (C=O) groups is 1. The summed E-state index contributed by atoms with van der Waals surface area (Å²) in [5.41, 5.74) is 4.36. The Morgan fingerprint density at radius 1 is 1.10 bits per heavy atom. The summed E-state index contributed by atoms with van der Waals surface area (Å²) >= 11 is 0. The third kappa shape index (κ3) is 3.45. The van der Waals surface area contributed by atoms with Crippen LogP contribution in [0.5, 0.6) is 0 Å². The highest BCUT2D eigenvalue weighted by Gasteiger charge is 2.18. The minimum absolute atomic E-state index is 0.0914. The largest absolute Gasteiger partial charge is 0.352 e. The van der Waals surface area contributed by atoms with Gasteiger partial charge in [-0.1, -0.05) is 42.0 Å². The SMILES string of the molecule is Cc1ccc2nc(-c3ccccc3)cc(C(=O)NCCc3nnc4n3CCC4)c2c1. The molecule has 0 fully saturated rings. The monoisotopic (exact) mass is 397 g/mol. The van der Waals surface area contributed by atoms with E-state index in [2.05, 4.69) is 20.1 Å². The zero-order chi connectivity index (χ0) is 20.5. The van der Waals surface area contributed by atoms with Gasteiger partial charge in [-0.3, -0.25) is 4.79 Å². The zero-order valence-electron chi connectivity index (χ0n) is 16.9. The van der Waals surface area contributed by atoms with E-state index >= 15 is 0 Å². The number of benzene rings is 2. The molecule has 30 heavy (non-hydrogen) atoms. The van der Waals surface area contributed by atoms with Gasteiger partial charge in [-0.05, 0) is 31.5 Å². The van der Waals surface area contributed by atoms with Gasteiger partial charge in [0.1, 0.15) is 11.6 Å². The van der Waals surface area contributed by atoms with E-state index in [4.69, 9.17) is 4.98 Å². The molecule has 3 heterocycles. The highest BCUT2D eigenvalue weighted by molar-refractivity contribution is 6.07. The molecule has 0 bridgehead atoms. The molecule has 0 atom stereocenters. The number of fused-ring (bicyclic) bond motifs is 2. The Morgan fingerprint density at radius 3 is 2.83 bits per heavy atom. The lowest BCUT2D eigenvalue weighted by molar-refractivity contribution is 0.0955. The summed E-state index contributed by atoms with van der Waals surface area (Å²) in [6, 6.07) is 17.9. The fourth-order valence-electron chi connectivity index (χ4n) is 4.06. The number of aryl methyl sites for hydroxylation is 2. The van der Waals surface area contributed by atoms with Gasteiger partial charge < -0.3 is 9.88 Å². The predicted molar refractivity (Wildman–Crippen MR) is 116 cm³/mol. The molecule has 0 saturated heterocycles. The van der Waals surface area contributed by atoms with Crippen molar-refractivity contribution >= 4 is 16.8 Å². The summed E-state index contributed by atoms with van der Waals surface area (Å²) < 4.78 is 2.17. The molecule has 6 nitrogen and oxygen atoms in total. The maximum absolute atomic E-state index is 13.1. The van der Waals surface area contributed by atoms with Crippen LogP contribution in [-0.2, 0) is 19.4 Å². The fourth-order valence-corrected chi connectivity index (χ4v) is 4.06. The first-order valence-electron chi connectivity index (χ1n) is 10.3. The van der Waals surface area contributed by atoms with Gasteiger partial charge in [-0.2, -0.15) is 0 Å². The summed E-state index contributed by atoms with van der Waals surface area (Å²) in [6.07, 6.45) is 2.78. The molecule has 5 rings (SSSR count).